The summed E-state index contributed by atoms with van der Waals surface area (Å²) in [6, 6.07) is 10.2. The number of nitrogens with zero attached hydrogens (tertiary/aromatic N) is 1. The largest absolute Gasteiger partial charge is 0.385 e. The van der Waals surface area contributed by atoms with Gasteiger partial charge in [0.1, 0.15) is 0 Å². The van der Waals surface area contributed by atoms with E-state index in [0.29, 0.717) is 0 Å². The van der Waals surface area contributed by atoms with Crippen LogP contribution in [0.4, 0.5) is 0 Å². The van der Waals surface area contributed by atoms with Crippen molar-refractivity contribution in [1.29, 1.82) is 0 Å². The summed E-state index contributed by atoms with van der Waals surface area (Å²) in [6.07, 6.45) is 8.85. The highest BCUT2D eigenvalue weighted by Crippen LogP contribution is 2.50. The molecule has 1 heterocycles. The second-order valence-corrected chi connectivity index (χ2v) is 6.60. The van der Waals surface area contributed by atoms with Gasteiger partial charge in [0.2, 0.25) is 0 Å². The lowest BCUT2D eigenvalue weighted by Gasteiger charge is -2.38. The van der Waals surface area contributed by atoms with E-state index in [0.717, 1.165) is 47.6 Å². The fraction of sp³-hybridized carbons (Fsp3) is 0.500. The zero-order valence-electron chi connectivity index (χ0n) is 11.8. The van der Waals surface area contributed by atoms with Crippen molar-refractivity contribution in [2.24, 2.45) is 11.8 Å². The molecule has 1 N–H and O–H groups in total. The lowest BCUT2D eigenvalue weighted by Crippen LogP contribution is -2.33. The summed E-state index contributed by atoms with van der Waals surface area (Å²) < 4.78 is 0. The highest BCUT2D eigenvalue weighted by Gasteiger charge is 2.42. The van der Waals surface area contributed by atoms with Crippen molar-refractivity contribution in [3.63, 3.8) is 0 Å². The van der Waals surface area contributed by atoms with E-state index >= 15 is 0 Å². The van der Waals surface area contributed by atoms with E-state index in [1.54, 1.807) is 0 Å². The lowest BCUT2D eigenvalue weighted by atomic mass is 9.72. The Morgan fingerprint density at radius 1 is 1.05 bits per heavy atom. The SMILES string of the molecule is OC1(c2cccc3ncccc23)CCCC(C2CC2)C1. The van der Waals surface area contributed by atoms with Gasteiger partial charge >= 0.3 is 0 Å². The van der Waals surface area contributed by atoms with Crippen LogP contribution in [-0.2, 0) is 5.60 Å². The average Bonchev–Trinajstić information content (AvgIpc) is 3.31. The van der Waals surface area contributed by atoms with Crippen LogP contribution >= 0.6 is 0 Å². The van der Waals surface area contributed by atoms with Crippen molar-refractivity contribution < 1.29 is 5.11 Å². The third kappa shape index (κ3) is 2.03. The van der Waals surface area contributed by atoms with Gasteiger partial charge in [0.05, 0.1) is 11.1 Å². The van der Waals surface area contributed by atoms with Gasteiger partial charge in [0.15, 0.2) is 0 Å². The fourth-order valence-corrected chi connectivity index (χ4v) is 4.02. The highest BCUT2D eigenvalue weighted by molar-refractivity contribution is 5.82. The second kappa shape index (κ2) is 4.56. The minimum Gasteiger partial charge on any atom is -0.385 e. The summed E-state index contributed by atoms with van der Waals surface area (Å²) in [7, 11) is 0. The lowest BCUT2D eigenvalue weighted by molar-refractivity contribution is -0.0238. The molecular formula is C18H21NO. The van der Waals surface area contributed by atoms with Crippen molar-refractivity contribution in [2.45, 2.75) is 44.1 Å². The van der Waals surface area contributed by atoms with E-state index in [2.05, 4.69) is 17.1 Å². The second-order valence-electron chi connectivity index (χ2n) is 6.60. The third-order valence-electron chi connectivity index (χ3n) is 5.20. The molecule has 2 nitrogen and oxygen atoms in total. The van der Waals surface area contributed by atoms with E-state index in [4.69, 9.17) is 0 Å². The molecule has 0 spiro atoms. The van der Waals surface area contributed by atoms with Crippen molar-refractivity contribution >= 4 is 10.9 Å². The Kier molecular flexibility index (Phi) is 2.81. The van der Waals surface area contributed by atoms with E-state index in [-0.39, 0.29) is 0 Å². The van der Waals surface area contributed by atoms with Gasteiger partial charge in [-0.25, -0.2) is 0 Å². The average molecular weight is 267 g/mol. The molecule has 2 aromatic rings. The zero-order valence-corrected chi connectivity index (χ0v) is 11.8. The molecule has 0 saturated heterocycles. The van der Waals surface area contributed by atoms with Crippen molar-refractivity contribution in [3.8, 4) is 0 Å². The van der Waals surface area contributed by atoms with Crippen LogP contribution in [0.1, 0.15) is 44.1 Å². The van der Waals surface area contributed by atoms with Gasteiger partial charge < -0.3 is 5.11 Å². The van der Waals surface area contributed by atoms with Crippen LogP contribution < -0.4 is 0 Å². The standard InChI is InChI=1S/C18H21NO/c20-18(10-2-4-14(12-18)13-8-9-13)16-6-1-7-17-15(16)5-3-11-19-17/h1,3,5-7,11,13-14,20H,2,4,8-10,12H2. The molecule has 2 heteroatoms. The first-order chi connectivity index (χ1) is 9.76. The summed E-state index contributed by atoms with van der Waals surface area (Å²) in [5.41, 5.74) is 1.44. The quantitative estimate of drug-likeness (QED) is 0.891. The molecule has 0 aliphatic heterocycles. The maximum absolute atomic E-state index is 11.3. The summed E-state index contributed by atoms with van der Waals surface area (Å²) in [6.45, 7) is 0. The van der Waals surface area contributed by atoms with Crippen LogP contribution in [-0.4, -0.2) is 10.1 Å². The molecule has 2 aliphatic carbocycles. The molecule has 2 saturated carbocycles. The Labute approximate surface area is 119 Å². The van der Waals surface area contributed by atoms with Crippen molar-refractivity contribution in [2.75, 3.05) is 0 Å². The van der Waals surface area contributed by atoms with Crippen LogP contribution in [0.25, 0.3) is 10.9 Å². The monoisotopic (exact) mass is 267 g/mol. The van der Waals surface area contributed by atoms with E-state index < -0.39 is 5.60 Å². The molecule has 20 heavy (non-hydrogen) atoms. The summed E-state index contributed by atoms with van der Waals surface area (Å²) in [5.74, 6) is 1.61. The molecule has 0 amide bonds. The number of rotatable bonds is 2. The van der Waals surface area contributed by atoms with Crippen LogP contribution in [0.2, 0.25) is 0 Å². The van der Waals surface area contributed by atoms with Gasteiger partial charge in [-0.1, -0.05) is 18.2 Å². The first-order valence-corrected chi connectivity index (χ1v) is 7.83. The van der Waals surface area contributed by atoms with Gasteiger partial charge in [-0.15, -0.1) is 0 Å². The number of aliphatic hydroxyl groups is 1. The summed E-state index contributed by atoms with van der Waals surface area (Å²) in [4.78, 5) is 4.42. The van der Waals surface area contributed by atoms with Gasteiger partial charge in [0.25, 0.3) is 0 Å². The Morgan fingerprint density at radius 2 is 1.95 bits per heavy atom. The number of aromatic nitrogens is 1. The van der Waals surface area contributed by atoms with Crippen LogP contribution in [0.15, 0.2) is 36.5 Å². The van der Waals surface area contributed by atoms with Gasteiger partial charge in [0, 0.05) is 11.6 Å². The van der Waals surface area contributed by atoms with E-state index in [1.165, 1.54) is 19.3 Å². The predicted octanol–water partition coefficient (Wildman–Crippen LogP) is 4.02. The third-order valence-corrected chi connectivity index (χ3v) is 5.20. The maximum Gasteiger partial charge on any atom is 0.0905 e. The first-order valence-electron chi connectivity index (χ1n) is 7.83. The number of pyridine rings is 1. The number of hydrogen-bond donors (Lipinski definition) is 1. The van der Waals surface area contributed by atoms with Crippen LogP contribution in [0, 0.1) is 11.8 Å². The van der Waals surface area contributed by atoms with Crippen LogP contribution in [0.3, 0.4) is 0 Å². The van der Waals surface area contributed by atoms with Gasteiger partial charge in [-0.2, -0.15) is 0 Å². The normalized spacial score (nSPS) is 30.6. The molecule has 2 fully saturated rings. The van der Waals surface area contributed by atoms with Gasteiger partial charge in [-0.3, -0.25) is 4.98 Å². The zero-order chi connectivity index (χ0) is 13.6. The minimum atomic E-state index is -0.645. The van der Waals surface area contributed by atoms with Crippen molar-refractivity contribution in [3.05, 3.63) is 42.1 Å². The first kappa shape index (κ1) is 12.3. The Morgan fingerprint density at radius 3 is 2.80 bits per heavy atom. The molecule has 2 atom stereocenters. The molecule has 1 aromatic heterocycles. The summed E-state index contributed by atoms with van der Waals surface area (Å²) in [5, 5.41) is 12.4. The van der Waals surface area contributed by atoms with Crippen LogP contribution in [0.5, 0.6) is 0 Å². The number of hydrogen-bond acceptors (Lipinski definition) is 2. The molecule has 2 unspecified atom stereocenters. The van der Waals surface area contributed by atoms with E-state index in [9.17, 15) is 5.11 Å². The Bertz CT molecular complexity index is 629. The van der Waals surface area contributed by atoms with Gasteiger partial charge in [-0.05, 0) is 68.1 Å². The number of benzene rings is 1. The van der Waals surface area contributed by atoms with Crippen molar-refractivity contribution in [1.82, 2.24) is 4.98 Å². The maximum atomic E-state index is 11.3. The molecule has 104 valence electrons. The highest BCUT2D eigenvalue weighted by atomic mass is 16.3. The smallest absolute Gasteiger partial charge is 0.0905 e. The molecule has 4 rings (SSSR count). The molecule has 0 radical (unpaired) electrons. The Balaban J connectivity index is 1.76. The minimum absolute atomic E-state index is 0.645. The predicted molar refractivity (Wildman–Crippen MR) is 80.3 cm³/mol. The molecule has 1 aromatic carbocycles. The molecular weight excluding hydrogens is 246 g/mol. The van der Waals surface area contributed by atoms with E-state index in [1.807, 2.05) is 24.4 Å². The molecule has 2 aliphatic rings. The molecule has 0 bridgehead atoms. The Hall–Kier alpha value is -1.41. The number of fused-ring (bicyclic) bond motifs is 1. The summed E-state index contributed by atoms with van der Waals surface area (Å²) >= 11 is 0. The fourth-order valence-electron chi connectivity index (χ4n) is 4.02. The topological polar surface area (TPSA) is 33.1 Å².